The van der Waals surface area contributed by atoms with Crippen molar-refractivity contribution in [2.24, 2.45) is 0 Å². The minimum Gasteiger partial charge on any atom is -0.461 e. The van der Waals surface area contributed by atoms with E-state index in [0.29, 0.717) is 23.6 Å². The summed E-state index contributed by atoms with van der Waals surface area (Å²) >= 11 is 0. The molecule has 2 aromatic rings. The zero-order valence-corrected chi connectivity index (χ0v) is 9.83. The second-order valence-corrected chi connectivity index (χ2v) is 3.51. The lowest BCUT2D eigenvalue weighted by atomic mass is 10.2. The van der Waals surface area contributed by atoms with Crippen LogP contribution >= 0.6 is 0 Å². The predicted molar refractivity (Wildman–Crippen MR) is 64.2 cm³/mol. The summed E-state index contributed by atoms with van der Waals surface area (Å²) in [5.41, 5.74) is 1.63. The number of hydrogen-bond donors (Lipinski definition) is 0. The molecule has 1 heterocycles. The average Bonchev–Trinajstić information content (AvgIpc) is 2.88. The molecular formula is C13H11N3O2. The van der Waals surface area contributed by atoms with Crippen LogP contribution in [0.2, 0.25) is 0 Å². The van der Waals surface area contributed by atoms with Crippen LogP contribution in [0.15, 0.2) is 36.5 Å². The van der Waals surface area contributed by atoms with Crippen molar-refractivity contribution in [3.8, 4) is 11.8 Å². The maximum absolute atomic E-state index is 11.7. The van der Waals surface area contributed by atoms with Gasteiger partial charge < -0.3 is 4.74 Å². The second-order valence-electron chi connectivity index (χ2n) is 3.51. The van der Waals surface area contributed by atoms with Gasteiger partial charge in [-0.05, 0) is 37.3 Å². The van der Waals surface area contributed by atoms with E-state index >= 15 is 0 Å². The van der Waals surface area contributed by atoms with Crippen molar-refractivity contribution in [3.05, 3.63) is 47.8 Å². The fraction of sp³-hybridized carbons (Fsp3) is 0.154. The van der Waals surface area contributed by atoms with Crippen molar-refractivity contribution in [1.29, 1.82) is 5.26 Å². The van der Waals surface area contributed by atoms with Crippen LogP contribution in [0.1, 0.15) is 23.0 Å². The Morgan fingerprint density at radius 2 is 2.11 bits per heavy atom. The van der Waals surface area contributed by atoms with E-state index in [0.717, 1.165) is 0 Å². The maximum Gasteiger partial charge on any atom is 0.357 e. The minimum atomic E-state index is -0.417. The Kier molecular flexibility index (Phi) is 3.39. The third-order valence-electron chi connectivity index (χ3n) is 2.37. The number of esters is 1. The van der Waals surface area contributed by atoms with Crippen molar-refractivity contribution in [1.82, 2.24) is 9.78 Å². The highest BCUT2D eigenvalue weighted by Gasteiger charge is 2.13. The van der Waals surface area contributed by atoms with Gasteiger partial charge in [0.2, 0.25) is 0 Å². The summed E-state index contributed by atoms with van der Waals surface area (Å²) in [6, 6.07) is 10.4. The summed E-state index contributed by atoms with van der Waals surface area (Å²) in [6.45, 7) is 2.07. The molecule has 0 aliphatic rings. The van der Waals surface area contributed by atoms with Crippen molar-refractivity contribution < 1.29 is 9.53 Å². The van der Waals surface area contributed by atoms with Crippen LogP contribution in [0.5, 0.6) is 0 Å². The lowest BCUT2D eigenvalue weighted by Gasteiger charge is -2.06. The molecule has 0 N–H and O–H groups in total. The number of carbonyl (C=O) groups is 1. The van der Waals surface area contributed by atoms with E-state index in [4.69, 9.17) is 10.00 Å². The normalized spacial score (nSPS) is 9.78. The Labute approximate surface area is 104 Å². The van der Waals surface area contributed by atoms with Crippen LogP contribution in [0.25, 0.3) is 5.69 Å². The molecule has 1 aromatic heterocycles. The highest BCUT2D eigenvalue weighted by atomic mass is 16.5. The van der Waals surface area contributed by atoms with Crippen molar-refractivity contribution >= 4 is 5.97 Å². The van der Waals surface area contributed by atoms with Gasteiger partial charge in [0.05, 0.1) is 30.1 Å². The Morgan fingerprint density at radius 3 is 2.72 bits per heavy atom. The molecule has 90 valence electrons. The molecule has 5 nitrogen and oxygen atoms in total. The summed E-state index contributed by atoms with van der Waals surface area (Å²) in [5.74, 6) is -0.417. The van der Waals surface area contributed by atoms with E-state index in [1.165, 1.54) is 10.9 Å². The van der Waals surface area contributed by atoms with Gasteiger partial charge in [-0.2, -0.15) is 10.4 Å². The Morgan fingerprint density at radius 1 is 1.39 bits per heavy atom. The number of hydrogen-bond acceptors (Lipinski definition) is 4. The van der Waals surface area contributed by atoms with Gasteiger partial charge in [0.1, 0.15) is 0 Å². The van der Waals surface area contributed by atoms with Crippen LogP contribution in [-0.4, -0.2) is 22.4 Å². The first-order valence-corrected chi connectivity index (χ1v) is 5.48. The molecule has 1 aromatic carbocycles. The van der Waals surface area contributed by atoms with E-state index in [1.54, 1.807) is 37.3 Å². The Hall–Kier alpha value is -2.61. The zero-order chi connectivity index (χ0) is 13.0. The standard InChI is InChI=1S/C13H11N3O2/c1-2-18-13(17)12-7-8-15-16(12)11-5-3-10(9-14)4-6-11/h3-8H,2H2,1H3. The van der Waals surface area contributed by atoms with Gasteiger partial charge in [-0.3, -0.25) is 0 Å². The van der Waals surface area contributed by atoms with Gasteiger partial charge in [0.25, 0.3) is 0 Å². The highest BCUT2D eigenvalue weighted by molar-refractivity contribution is 5.88. The molecule has 0 spiro atoms. The molecule has 0 bridgehead atoms. The average molecular weight is 241 g/mol. The van der Waals surface area contributed by atoms with E-state index in [-0.39, 0.29) is 0 Å². The van der Waals surface area contributed by atoms with Crippen LogP contribution in [0, 0.1) is 11.3 Å². The molecule has 0 unspecified atom stereocenters. The Bertz CT molecular complexity index is 593. The summed E-state index contributed by atoms with van der Waals surface area (Å²) in [4.78, 5) is 11.7. The molecule has 0 fully saturated rings. The van der Waals surface area contributed by atoms with Gasteiger partial charge in [0.15, 0.2) is 5.69 Å². The van der Waals surface area contributed by atoms with Crippen LogP contribution < -0.4 is 0 Å². The number of carbonyl (C=O) groups excluding carboxylic acids is 1. The molecule has 0 saturated carbocycles. The van der Waals surface area contributed by atoms with Gasteiger partial charge in [-0.15, -0.1) is 0 Å². The predicted octanol–water partition coefficient (Wildman–Crippen LogP) is 1.92. The third-order valence-corrected chi connectivity index (χ3v) is 2.37. The Balaban J connectivity index is 2.36. The van der Waals surface area contributed by atoms with Crippen molar-refractivity contribution in [2.75, 3.05) is 6.61 Å². The summed E-state index contributed by atoms with van der Waals surface area (Å²) in [5, 5.41) is 12.8. The topological polar surface area (TPSA) is 67.9 Å². The first kappa shape index (κ1) is 11.9. The minimum absolute atomic E-state index is 0.317. The lowest BCUT2D eigenvalue weighted by Crippen LogP contribution is -2.11. The molecule has 0 radical (unpaired) electrons. The maximum atomic E-state index is 11.7. The van der Waals surface area contributed by atoms with E-state index in [9.17, 15) is 4.79 Å². The largest absolute Gasteiger partial charge is 0.461 e. The van der Waals surface area contributed by atoms with Gasteiger partial charge in [-0.1, -0.05) is 0 Å². The second kappa shape index (κ2) is 5.15. The molecule has 18 heavy (non-hydrogen) atoms. The third kappa shape index (κ3) is 2.23. The van der Waals surface area contributed by atoms with E-state index in [1.807, 2.05) is 6.07 Å². The van der Waals surface area contributed by atoms with Crippen molar-refractivity contribution in [2.45, 2.75) is 6.92 Å². The van der Waals surface area contributed by atoms with Crippen molar-refractivity contribution in [3.63, 3.8) is 0 Å². The fourth-order valence-electron chi connectivity index (χ4n) is 1.55. The molecule has 2 rings (SSSR count). The number of nitriles is 1. The molecule has 0 atom stereocenters. The van der Waals surface area contributed by atoms with E-state index in [2.05, 4.69) is 5.10 Å². The molecule has 0 aliphatic carbocycles. The molecule has 5 heteroatoms. The number of nitrogens with zero attached hydrogens (tertiary/aromatic N) is 3. The number of aromatic nitrogens is 2. The fourth-order valence-corrected chi connectivity index (χ4v) is 1.55. The van der Waals surface area contributed by atoms with E-state index < -0.39 is 5.97 Å². The quantitative estimate of drug-likeness (QED) is 0.770. The van der Waals surface area contributed by atoms with Crippen LogP contribution in [0.3, 0.4) is 0 Å². The van der Waals surface area contributed by atoms with Crippen LogP contribution in [0.4, 0.5) is 0 Å². The molecular weight excluding hydrogens is 230 g/mol. The van der Waals surface area contributed by atoms with Gasteiger partial charge in [0, 0.05) is 0 Å². The first-order valence-electron chi connectivity index (χ1n) is 5.48. The monoisotopic (exact) mass is 241 g/mol. The van der Waals surface area contributed by atoms with Crippen LogP contribution in [-0.2, 0) is 4.74 Å². The zero-order valence-electron chi connectivity index (χ0n) is 9.83. The summed E-state index contributed by atoms with van der Waals surface area (Å²) < 4.78 is 6.43. The molecule has 0 amide bonds. The highest BCUT2D eigenvalue weighted by Crippen LogP contribution is 2.12. The number of rotatable bonds is 3. The number of ether oxygens (including phenoxy) is 1. The first-order chi connectivity index (χ1) is 8.76. The molecule has 0 saturated heterocycles. The summed E-state index contributed by atoms with van der Waals surface area (Å²) in [6.07, 6.45) is 1.53. The molecule has 0 aliphatic heterocycles. The van der Waals surface area contributed by atoms with Gasteiger partial charge >= 0.3 is 5.97 Å². The lowest BCUT2D eigenvalue weighted by molar-refractivity contribution is 0.0516. The number of benzene rings is 1. The van der Waals surface area contributed by atoms with Gasteiger partial charge in [-0.25, -0.2) is 9.48 Å². The summed E-state index contributed by atoms with van der Waals surface area (Å²) in [7, 11) is 0. The SMILES string of the molecule is CCOC(=O)c1ccnn1-c1ccc(C#N)cc1. The smallest absolute Gasteiger partial charge is 0.357 e.